The van der Waals surface area contributed by atoms with Gasteiger partial charge in [-0.15, -0.1) is 4.40 Å². The van der Waals surface area contributed by atoms with Crippen LogP contribution in [0.3, 0.4) is 0 Å². The predicted octanol–water partition coefficient (Wildman–Crippen LogP) is 0.343. The SMILES string of the molecule is CN(C)C=NS(=O)(=O)c1cc(N)cnc1-c1cnn(C)c1. The molecule has 2 N–H and O–H groups in total. The molecule has 0 fully saturated rings. The highest BCUT2D eigenvalue weighted by atomic mass is 32.2. The number of nitrogens with zero attached hydrogens (tertiary/aromatic N) is 5. The van der Waals surface area contributed by atoms with Gasteiger partial charge < -0.3 is 10.6 Å². The molecule has 0 spiro atoms. The van der Waals surface area contributed by atoms with Crippen LogP contribution in [0.1, 0.15) is 0 Å². The number of hydrogen-bond acceptors (Lipinski definition) is 5. The first-order valence-corrected chi connectivity index (χ1v) is 7.45. The molecule has 2 heterocycles. The molecule has 0 amide bonds. The lowest BCUT2D eigenvalue weighted by Gasteiger charge is -2.07. The molecule has 0 aromatic carbocycles. The molecule has 0 radical (unpaired) electrons. The molecule has 0 atom stereocenters. The summed E-state index contributed by atoms with van der Waals surface area (Å²) in [7, 11) is 1.19. The van der Waals surface area contributed by atoms with E-state index in [0.717, 1.165) is 0 Å². The van der Waals surface area contributed by atoms with Gasteiger partial charge in [0.1, 0.15) is 11.2 Å². The second-order valence-electron chi connectivity index (χ2n) is 4.68. The van der Waals surface area contributed by atoms with Crippen molar-refractivity contribution in [2.45, 2.75) is 4.90 Å². The normalized spacial score (nSPS) is 12.0. The molecular weight excluding hydrogens is 292 g/mol. The summed E-state index contributed by atoms with van der Waals surface area (Å²) >= 11 is 0. The van der Waals surface area contributed by atoms with Crippen molar-refractivity contribution in [2.75, 3.05) is 19.8 Å². The molecule has 0 bridgehead atoms. The van der Waals surface area contributed by atoms with Crippen LogP contribution in [-0.2, 0) is 17.1 Å². The third kappa shape index (κ3) is 3.37. The lowest BCUT2D eigenvalue weighted by molar-refractivity contribution is 0.594. The molecule has 0 saturated carbocycles. The van der Waals surface area contributed by atoms with E-state index in [-0.39, 0.29) is 16.3 Å². The van der Waals surface area contributed by atoms with Crippen molar-refractivity contribution < 1.29 is 8.42 Å². The zero-order valence-electron chi connectivity index (χ0n) is 11.9. The molecule has 0 aliphatic heterocycles. The fourth-order valence-corrected chi connectivity index (χ4v) is 2.76. The smallest absolute Gasteiger partial charge is 0.285 e. The average Bonchev–Trinajstić information content (AvgIpc) is 2.83. The molecule has 0 aliphatic rings. The first-order chi connectivity index (χ1) is 9.79. The average molecular weight is 308 g/mol. The minimum atomic E-state index is -3.90. The molecule has 0 unspecified atom stereocenters. The van der Waals surface area contributed by atoms with Gasteiger partial charge in [-0.3, -0.25) is 9.67 Å². The molecule has 8 nitrogen and oxygen atoms in total. The van der Waals surface area contributed by atoms with Crippen molar-refractivity contribution >= 4 is 22.0 Å². The Morgan fingerprint density at radius 2 is 2.10 bits per heavy atom. The van der Waals surface area contributed by atoms with Crippen LogP contribution in [0.15, 0.2) is 34.0 Å². The minimum Gasteiger partial charge on any atom is -0.397 e. The van der Waals surface area contributed by atoms with Crippen molar-refractivity contribution in [1.82, 2.24) is 19.7 Å². The lowest BCUT2D eigenvalue weighted by Crippen LogP contribution is -2.11. The summed E-state index contributed by atoms with van der Waals surface area (Å²) < 4.78 is 29.9. The summed E-state index contributed by atoms with van der Waals surface area (Å²) in [5, 5.41) is 4.02. The Labute approximate surface area is 123 Å². The van der Waals surface area contributed by atoms with Gasteiger partial charge in [0, 0.05) is 32.9 Å². The van der Waals surface area contributed by atoms with Crippen molar-refractivity contribution in [3.8, 4) is 11.3 Å². The maximum atomic E-state index is 12.3. The van der Waals surface area contributed by atoms with Gasteiger partial charge in [-0.05, 0) is 6.07 Å². The summed E-state index contributed by atoms with van der Waals surface area (Å²) in [4.78, 5) is 5.59. The molecule has 0 aliphatic carbocycles. The maximum absolute atomic E-state index is 12.3. The minimum absolute atomic E-state index is 0.0476. The molecular formula is C12H16N6O2S. The van der Waals surface area contributed by atoms with Crippen molar-refractivity contribution in [1.29, 1.82) is 0 Å². The maximum Gasteiger partial charge on any atom is 0.285 e. The number of hydrogen-bond donors (Lipinski definition) is 1. The zero-order chi connectivity index (χ0) is 15.6. The van der Waals surface area contributed by atoms with Gasteiger partial charge in [-0.1, -0.05) is 0 Å². The Hall–Kier alpha value is -2.42. The van der Waals surface area contributed by atoms with Gasteiger partial charge in [0.2, 0.25) is 0 Å². The largest absolute Gasteiger partial charge is 0.397 e. The van der Waals surface area contributed by atoms with Crippen LogP contribution in [0.4, 0.5) is 5.69 Å². The van der Waals surface area contributed by atoms with E-state index in [1.807, 2.05) is 0 Å². The van der Waals surface area contributed by atoms with E-state index >= 15 is 0 Å². The van der Waals surface area contributed by atoms with E-state index in [0.29, 0.717) is 5.56 Å². The van der Waals surface area contributed by atoms with Crippen LogP contribution < -0.4 is 5.73 Å². The van der Waals surface area contributed by atoms with E-state index < -0.39 is 10.0 Å². The first kappa shape index (κ1) is 15.0. The van der Waals surface area contributed by atoms with E-state index in [1.54, 1.807) is 32.0 Å². The summed E-state index contributed by atoms with van der Waals surface area (Å²) in [6.45, 7) is 0. The molecule has 0 saturated heterocycles. The second kappa shape index (κ2) is 5.52. The van der Waals surface area contributed by atoms with E-state index in [4.69, 9.17) is 5.73 Å². The van der Waals surface area contributed by atoms with Crippen LogP contribution in [0.5, 0.6) is 0 Å². The summed E-state index contributed by atoms with van der Waals surface area (Å²) in [6.07, 6.45) is 5.82. The highest BCUT2D eigenvalue weighted by Gasteiger charge is 2.21. The van der Waals surface area contributed by atoms with E-state index in [1.165, 1.54) is 29.7 Å². The van der Waals surface area contributed by atoms with E-state index in [9.17, 15) is 8.42 Å². The molecule has 2 aromatic heterocycles. The molecule has 9 heteroatoms. The number of nitrogens with two attached hydrogens (primary N) is 1. The number of nitrogen functional groups attached to an aromatic ring is 1. The van der Waals surface area contributed by atoms with E-state index in [2.05, 4.69) is 14.5 Å². The number of pyridine rings is 1. The molecule has 21 heavy (non-hydrogen) atoms. The lowest BCUT2D eigenvalue weighted by atomic mass is 10.2. The van der Waals surface area contributed by atoms with Gasteiger partial charge in [0.15, 0.2) is 0 Å². The Morgan fingerprint density at radius 1 is 1.38 bits per heavy atom. The van der Waals surface area contributed by atoms with Crippen LogP contribution in [-0.4, -0.2) is 48.5 Å². The predicted molar refractivity (Wildman–Crippen MR) is 80.2 cm³/mol. The van der Waals surface area contributed by atoms with Crippen LogP contribution in [0.2, 0.25) is 0 Å². The van der Waals surface area contributed by atoms with Crippen molar-refractivity contribution in [3.63, 3.8) is 0 Å². The number of aryl methyl sites for hydroxylation is 1. The Kier molecular flexibility index (Phi) is 3.94. The van der Waals surface area contributed by atoms with Gasteiger partial charge in [-0.25, -0.2) is 0 Å². The zero-order valence-corrected chi connectivity index (χ0v) is 12.7. The molecule has 2 aromatic rings. The third-order valence-electron chi connectivity index (χ3n) is 2.55. The highest BCUT2D eigenvalue weighted by Crippen LogP contribution is 2.27. The van der Waals surface area contributed by atoms with Gasteiger partial charge >= 0.3 is 0 Å². The fourth-order valence-electron chi connectivity index (χ4n) is 1.63. The number of sulfonamides is 1. The van der Waals surface area contributed by atoms with Gasteiger partial charge in [0.25, 0.3) is 10.0 Å². The van der Waals surface area contributed by atoms with Gasteiger partial charge in [0.05, 0.1) is 23.8 Å². The monoisotopic (exact) mass is 308 g/mol. The molecule has 112 valence electrons. The van der Waals surface area contributed by atoms with Crippen molar-refractivity contribution in [2.24, 2.45) is 11.4 Å². The molecule has 2 rings (SSSR count). The van der Waals surface area contributed by atoms with Gasteiger partial charge in [-0.2, -0.15) is 13.5 Å². The first-order valence-electron chi connectivity index (χ1n) is 6.01. The Balaban J connectivity index is 2.60. The number of rotatable bonds is 4. The number of aromatic nitrogens is 3. The van der Waals surface area contributed by atoms with Crippen molar-refractivity contribution in [3.05, 3.63) is 24.7 Å². The summed E-state index contributed by atoms with van der Waals surface area (Å²) in [5.74, 6) is 0. The third-order valence-corrected chi connectivity index (χ3v) is 3.79. The standard InChI is InChI=1S/C12H16N6O2S/c1-17(2)8-16-21(19,20)11-4-10(13)6-14-12(11)9-5-15-18(3)7-9/h4-8H,13H2,1-3H3. The van der Waals surface area contributed by atoms with Crippen LogP contribution in [0.25, 0.3) is 11.3 Å². The Morgan fingerprint density at radius 3 is 2.67 bits per heavy atom. The second-order valence-corrected chi connectivity index (χ2v) is 6.28. The number of anilines is 1. The van der Waals surface area contributed by atoms with Crippen LogP contribution >= 0.6 is 0 Å². The Bertz CT molecular complexity index is 779. The summed E-state index contributed by atoms with van der Waals surface area (Å²) in [6, 6.07) is 1.34. The van der Waals surface area contributed by atoms with Crippen LogP contribution in [0, 0.1) is 0 Å². The highest BCUT2D eigenvalue weighted by molar-refractivity contribution is 7.90. The summed E-state index contributed by atoms with van der Waals surface area (Å²) in [5.41, 5.74) is 6.76. The quantitative estimate of drug-likeness (QED) is 0.645. The topological polar surface area (TPSA) is 106 Å². The fraction of sp³-hybridized carbons (Fsp3) is 0.250.